The Hall–Kier alpha value is -3.93. The van der Waals surface area contributed by atoms with Crippen molar-refractivity contribution in [2.45, 2.75) is 38.9 Å². The van der Waals surface area contributed by atoms with Crippen molar-refractivity contribution in [1.82, 2.24) is 29.7 Å². The first-order chi connectivity index (χ1) is 17.1. The molecular weight excluding hydrogens is 485 g/mol. The monoisotopic (exact) mass is 511 g/mol. The van der Waals surface area contributed by atoms with Gasteiger partial charge in [0.1, 0.15) is 17.3 Å². The highest BCUT2D eigenvalue weighted by Gasteiger charge is 2.32. The second-order valence-electron chi connectivity index (χ2n) is 8.48. The molecule has 0 amide bonds. The number of methoxy groups -OCH3 is 1. The van der Waals surface area contributed by atoms with Crippen molar-refractivity contribution in [3.63, 3.8) is 0 Å². The first-order valence-electron chi connectivity index (χ1n) is 11.1. The number of halogens is 1. The Morgan fingerprint density at radius 1 is 1.03 bits per heavy atom. The Morgan fingerprint density at radius 2 is 1.75 bits per heavy atom. The number of nitrogens with zero attached hydrogens (tertiary/aromatic N) is 6. The zero-order valence-corrected chi connectivity index (χ0v) is 21.3. The van der Waals surface area contributed by atoms with Gasteiger partial charge in [0.2, 0.25) is 16.0 Å². The molecule has 0 aliphatic rings. The predicted octanol–water partition coefficient (Wildman–Crippen LogP) is 3.82. The minimum atomic E-state index is -4.04. The quantitative estimate of drug-likeness (QED) is 0.379. The van der Waals surface area contributed by atoms with E-state index in [4.69, 9.17) is 4.74 Å². The van der Waals surface area contributed by atoms with Crippen LogP contribution in [0.5, 0.6) is 5.75 Å². The van der Waals surface area contributed by atoms with Crippen molar-refractivity contribution in [2.75, 3.05) is 11.8 Å². The van der Waals surface area contributed by atoms with Crippen molar-refractivity contribution < 1.29 is 17.5 Å². The molecule has 0 aliphatic carbocycles. The summed E-state index contributed by atoms with van der Waals surface area (Å²) in [5, 5.41) is 7.30. The van der Waals surface area contributed by atoms with Crippen LogP contribution in [-0.4, -0.2) is 50.5 Å². The third-order valence-corrected chi connectivity index (χ3v) is 7.68. The standard InChI is InChI=1S/C24H26FN7O3S/c1-14-9-18(13-26-10-14)23-29-30-24(32(23)21-19(25)7-6-8-20(21)35-5)31-36(33,34)17(4)16(3)22-27-11-15(2)12-28-22/h6-13,16-17H,1-5H3,(H,30,31)/t16-,17-/m0/s1. The summed E-state index contributed by atoms with van der Waals surface area (Å²) in [6.07, 6.45) is 6.47. The summed E-state index contributed by atoms with van der Waals surface area (Å²) in [7, 11) is -2.65. The van der Waals surface area contributed by atoms with Gasteiger partial charge in [-0.1, -0.05) is 13.0 Å². The fraction of sp³-hybridized carbons (Fsp3) is 0.292. The molecule has 3 aromatic heterocycles. The van der Waals surface area contributed by atoms with E-state index in [0.29, 0.717) is 11.4 Å². The Bertz CT molecular complexity index is 1490. The van der Waals surface area contributed by atoms with Crippen LogP contribution in [0, 0.1) is 19.7 Å². The smallest absolute Gasteiger partial charge is 0.243 e. The summed E-state index contributed by atoms with van der Waals surface area (Å²) in [6.45, 7) is 6.97. The minimum absolute atomic E-state index is 0.0400. The van der Waals surface area contributed by atoms with Gasteiger partial charge in [0.25, 0.3) is 0 Å². The van der Waals surface area contributed by atoms with Crippen LogP contribution in [0.1, 0.15) is 36.7 Å². The van der Waals surface area contributed by atoms with Crippen LogP contribution in [0.25, 0.3) is 17.1 Å². The molecule has 1 N–H and O–H groups in total. The van der Waals surface area contributed by atoms with Crippen LogP contribution in [0.2, 0.25) is 0 Å². The number of hydrogen-bond acceptors (Lipinski definition) is 8. The molecule has 188 valence electrons. The van der Waals surface area contributed by atoms with Crippen LogP contribution in [-0.2, 0) is 10.0 Å². The zero-order chi connectivity index (χ0) is 26.0. The van der Waals surface area contributed by atoms with Crippen molar-refractivity contribution >= 4 is 16.0 Å². The van der Waals surface area contributed by atoms with Crippen LogP contribution in [0.4, 0.5) is 10.3 Å². The fourth-order valence-electron chi connectivity index (χ4n) is 3.64. The van der Waals surface area contributed by atoms with Crippen molar-refractivity contribution in [3.8, 4) is 22.8 Å². The summed E-state index contributed by atoms with van der Waals surface area (Å²) in [5.41, 5.74) is 2.18. The van der Waals surface area contributed by atoms with E-state index in [1.165, 1.54) is 23.8 Å². The molecule has 10 nitrogen and oxygen atoms in total. The van der Waals surface area contributed by atoms with Gasteiger partial charge in [-0.25, -0.2) is 22.8 Å². The molecule has 2 atom stereocenters. The maximum absolute atomic E-state index is 15.2. The van der Waals surface area contributed by atoms with Crippen LogP contribution < -0.4 is 9.46 Å². The summed E-state index contributed by atoms with van der Waals surface area (Å²) in [4.78, 5) is 12.7. The zero-order valence-electron chi connectivity index (χ0n) is 20.5. The van der Waals surface area contributed by atoms with E-state index in [9.17, 15) is 8.42 Å². The second kappa shape index (κ2) is 9.97. The van der Waals surface area contributed by atoms with Gasteiger partial charge in [0.15, 0.2) is 11.6 Å². The van der Waals surface area contributed by atoms with Gasteiger partial charge in [-0.2, -0.15) is 0 Å². The number of sulfonamides is 1. The van der Waals surface area contributed by atoms with Gasteiger partial charge >= 0.3 is 0 Å². The molecule has 0 aliphatic heterocycles. The van der Waals surface area contributed by atoms with Crippen molar-refractivity contribution in [3.05, 3.63) is 71.8 Å². The molecule has 0 fully saturated rings. The molecule has 0 unspecified atom stereocenters. The van der Waals surface area contributed by atoms with Crippen LogP contribution >= 0.6 is 0 Å². The van der Waals surface area contributed by atoms with Gasteiger partial charge in [-0.3, -0.25) is 14.3 Å². The molecule has 36 heavy (non-hydrogen) atoms. The van der Waals surface area contributed by atoms with E-state index in [-0.39, 0.29) is 23.2 Å². The number of anilines is 1. The Kier molecular flexibility index (Phi) is 6.97. The Morgan fingerprint density at radius 3 is 2.42 bits per heavy atom. The number of ether oxygens (including phenoxy) is 1. The SMILES string of the molecule is COc1cccc(F)c1-n1c(NS(=O)(=O)[C@@H](C)[C@H](C)c2ncc(C)cn2)nnc1-c1cncc(C)c1. The van der Waals surface area contributed by atoms with Crippen molar-refractivity contribution in [1.29, 1.82) is 0 Å². The molecule has 12 heteroatoms. The average Bonchev–Trinajstić information content (AvgIpc) is 3.25. The Labute approximate surface area is 208 Å². The number of hydrogen-bond donors (Lipinski definition) is 1. The van der Waals surface area contributed by atoms with Crippen LogP contribution in [0.3, 0.4) is 0 Å². The molecule has 1 aromatic carbocycles. The lowest BCUT2D eigenvalue weighted by atomic mass is 10.1. The second-order valence-corrected chi connectivity index (χ2v) is 10.5. The number of rotatable bonds is 8. The number of pyridine rings is 1. The van der Waals surface area contributed by atoms with Gasteiger partial charge in [-0.05, 0) is 50.1 Å². The fourth-order valence-corrected chi connectivity index (χ4v) is 4.87. The highest BCUT2D eigenvalue weighted by atomic mass is 32.2. The number of benzene rings is 1. The lowest BCUT2D eigenvalue weighted by molar-refractivity contribution is 0.409. The number of nitrogens with one attached hydrogen (secondary N) is 1. The van der Waals surface area contributed by atoms with E-state index in [0.717, 1.165) is 11.1 Å². The molecule has 4 aromatic rings. The van der Waals surface area contributed by atoms with Crippen molar-refractivity contribution in [2.24, 2.45) is 0 Å². The normalized spacial score (nSPS) is 13.3. The molecule has 0 radical (unpaired) electrons. The lowest BCUT2D eigenvalue weighted by Crippen LogP contribution is -2.31. The molecule has 4 rings (SSSR count). The number of para-hydroxylation sites is 1. The summed E-state index contributed by atoms with van der Waals surface area (Å²) >= 11 is 0. The third kappa shape index (κ3) is 4.89. The highest BCUT2D eigenvalue weighted by molar-refractivity contribution is 7.93. The summed E-state index contributed by atoms with van der Waals surface area (Å²) in [6, 6.07) is 6.09. The van der Waals surface area contributed by atoms with Crippen LogP contribution in [0.15, 0.2) is 49.1 Å². The molecule has 3 heterocycles. The third-order valence-electron chi connectivity index (χ3n) is 5.82. The summed E-state index contributed by atoms with van der Waals surface area (Å²) in [5.74, 6) is -0.628. The minimum Gasteiger partial charge on any atom is -0.494 e. The van der Waals surface area contributed by atoms with Gasteiger partial charge in [0, 0.05) is 36.3 Å². The van der Waals surface area contributed by atoms with E-state index in [1.54, 1.807) is 50.8 Å². The van der Waals surface area contributed by atoms with E-state index >= 15 is 4.39 Å². The topological polar surface area (TPSA) is 125 Å². The van der Waals surface area contributed by atoms with E-state index < -0.39 is 27.0 Å². The summed E-state index contributed by atoms with van der Waals surface area (Å²) < 4.78 is 51.2. The van der Waals surface area contributed by atoms with Gasteiger partial charge in [0.05, 0.1) is 12.4 Å². The first kappa shape index (κ1) is 25.2. The Balaban J connectivity index is 1.81. The van der Waals surface area contributed by atoms with E-state index in [1.807, 2.05) is 13.8 Å². The number of aryl methyl sites for hydroxylation is 2. The number of aromatic nitrogens is 6. The highest BCUT2D eigenvalue weighted by Crippen LogP contribution is 2.34. The predicted molar refractivity (Wildman–Crippen MR) is 133 cm³/mol. The first-order valence-corrected chi connectivity index (χ1v) is 12.7. The molecule has 0 saturated heterocycles. The maximum Gasteiger partial charge on any atom is 0.243 e. The van der Waals surface area contributed by atoms with Gasteiger partial charge < -0.3 is 4.74 Å². The molecule has 0 bridgehead atoms. The lowest BCUT2D eigenvalue weighted by Gasteiger charge is -2.21. The molecular formula is C24H26FN7O3S. The largest absolute Gasteiger partial charge is 0.494 e. The molecule has 0 spiro atoms. The van der Waals surface area contributed by atoms with Gasteiger partial charge in [-0.15, -0.1) is 10.2 Å². The van der Waals surface area contributed by atoms with E-state index in [2.05, 4.69) is 29.9 Å². The maximum atomic E-state index is 15.2. The average molecular weight is 512 g/mol. The molecule has 0 saturated carbocycles.